The number of aromatic amines is 1. The normalized spacial score (nSPS) is 12.2. The lowest BCUT2D eigenvalue weighted by atomic mass is 9.96. The van der Waals surface area contributed by atoms with Gasteiger partial charge in [-0.15, -0.1) is 0 Å². The molecule has 1 amide bonds. The number of halogens is 2. The number of carbonyl (C=O) groups is 1. The van der Waals surface area contributed by atoms with Crippen molar-refractivity contribution in [2.45, 2.75) is 32.5 Å². The first-order valence-electron chi connectivity index (χ1n) is 9.95. The van der Waals surface area contributed by atoms with Crippen LogP contribution in [0.5, 0.6) is 5.75 Å². The van der Waals surface area contributed by atoms with Crippen LogP contribution < -0.4 is 10.5 Å². The molecule has 0 aliphatic rings. The van der Waals surface area contributed by atoms with Gasteiger partial charge in [0.25, 0.3) is 0 Å². The van der Waals surface area contributed by atoms with Gasteiger partial charge >= 0.3 is 0 Å². The van der Waals surface area contributed by atoms with Crippen LogP contribution in [-0.4, -0.2) is 42.7 Å². The van der Waals surface area contributed by atoms with E-state index in [1.54, 1.807) is 18.1 Å². The number of alkyl halides is 1. The van der Waals surface area contributed by atoms with Crippen LogP contribution in [0, 0.1) is 12.7 Å². The molecule has 1 unspecified atom stereocenters. The summed E-state index contributed by atoms with van der Waals surface area (Å²) in [5.41, 5.74) is 9.71. The number of ether oxygens (including phenoxy) is 1. The molecule has 1 aromatic heterocycles. The van der Waals surface area contributed by atoms with E-state index in [-0.39, 0.29) is 12.4 Å². The number of methoxy groups -OCH3 is 1. The highest BCUT2D eigenvalue weighted by atomic mass is 19.1. The summed E-state index contributed by atoms with van der Waals surface area (Å²) >= 11 is 0. The Morgan fingerprint density at radius 3 is 2.77 bits per heavy atom. The topological polar surface area (TPSA) is 71.3 Å². The van der Waals surface area contributed by atoms with Crippen LogP contribution in [0.1, 0.15) is 24.1 Å². The predicted molar refractivity (Wildman–Crippen MR) is 115 cm³/mol. The van der Waals surface area contributed by atoms with Gasteiger partial charge in [-0.25, -0.2) is 8.78 Å². The van der Waals surface area contributed by atoms with Gasteiger partial charge in [-0.3, -0.25) is 4.79 Å². The molecule has 7 heteroatoms. The van der Waals surface area contributed by atoms with Crippen LogP contribution in [0.2, 0.25) is 0 Å². The summed E-state index contributed by atoms with van der Waals surface area (Å²) < 4.78 is 32.7. The van der Waals surface area contributed by atoms with Crippen molar-refractivity contribution in [2.75, 3.05) is 20.2 Å². The fourth-order valence-electron chi connectivity index (χ4n) is 3.74. The van der Waals surface area contributed by atoms with Crippen molar-refractivity contribution >= 4 is 17.3 Å². The molecule has 0 radical (unpaired) electrons. The number of fused-ring (bicyclic) bond motifs is 1. The second-order valence-electron chi connectivity index (χ2n) is 7.39. The molecular weight excluding hydrogens is 388 g/mol. The highest BCUT2D eigenvalue weighted by Gasteiger charge is 2.17. The molecule has 0 saturated carbocycles. The largest absolute Gasteiger partial charge is 0.497 e. The molecule has 1 atom stereocenters. The van der Waals surface area contributed by atoms with E-state index in [4.69, 9.17) is 10.5 Å². The van der Waals surface area contributed by atoms with Crippen LogP contribution in [-0.2, 0) is 11.3 Å². The van der Waals surface area contributed by atoms with Gasteiger partial charge in [-0.05, 0) is 61.2 Å². The van der Waals surface area contributed by atoms with E-state index in [0.29, 0.717) is 31.7 Å². The summed E-state index contributed by atoms with van der Waals surface area (Å²) in [5, 5.41) is 0.778. The molecule has 30 heavy (non-hydrogen) atoms. The van der Waals surface area contributed by atoms with Gasteiger partial charge in [0.2, 0.25) is 6.41 Å². The molecule has 0 fully saturated rings. The quantitative estimate of drug-likeness (QED) is 0.484. The van der Waals surface area contributed by atoms with Gasteiger partial charge in [-0.2, -0.15) is 0 Å². The third-order valence-corrected chi connectivity index (χ3v) is 5.27. The molecule has 2 aromatic carbocycles. The molecular formula is C23H27F2N3O2. The number of nitrogens with one attached hydrogen (secondary N) is 1. The van der Waals surface area contributed by atoms with Crippen molar-refractivity contribution in [2.24, 2.45) is 5.73 Å². The van der Waals surface area contributed by atoms with Gasteiger partial charge < -0.3 is 20.4 Å². The fraction of sp³-hybridized carbons (Fsp3) is 0.348. The molecule has 5 nitrogen and oxygen atoms in total. The third kappa shape index (κ3) is 4.79. The van der Waals surface area contributed by atoms with Crippen LogP contribution in [0.4, 0.5) is 8.78 Å². The zero-order valence-corrected chi connectivity index (χ0v) is 17.3. The highest BCUT2D eigenvalue weighted by Crippen LogP contribution is 2.36. The molecule has 3 N–H and O–H groups in total. The Morgan fingerprint density at radius 1 is 1.27 bits per heavy atom. The van der Waals surface area contributed by atoms with Crippen molar-refractivity contribution in [3.05, 3.63) is 53.5 Å². The third-order valence-electron chi connectivity index (χ3n) is 5.27. The van der Waals surface area contributed by atoms with E-state index in [2.05, 4.69) is 4.98 Å². The van der Waals surface area contributed by atoms with E-state index < -0.39 is 6.17 Å². The summed E-state index contributed by atoms with van der Waals surface area (Å²) in [6, 6.07) is 10.3. The molecule has 0 spiro atoms. The van der Waals surface area contributed by atoms with E-state index >= 15 is 0 Å². The van der Waals surface area contributed by atoms with Crippen LogP contribution in [0.15, 0.2) is 36.4 Å². The van der Waals surface area contributed by atoms with Gasteiger partial charge in [0.15, 0.2) is 0 Å². The predicted octanol–water partition coefficient (Wildman–Crippen LogP) is 4.33. The maximum absolute atomic E-state index is 13.9. The number of aromatic nitrogens is 1. The van der Waals surface area contributed by atoms with Crippen molar-refractivity contribution in [3.63, 3.8) is 0 Å². The molecule has 0 bridgehead atoms. The van der Waals surface area contributed by atoms with Crippen LogP contribution in [0.25, 0.3) is 22.0 Å². The monoisotopic (exact) mass is 415 g/mol. The Balaban J connectivity index is 1.96. The molecule has 160 valence electrons. The molecule has 0 aliphatic carbocycles. The summed E-state index contributed by atoms with van der Waals surface area (Å²) in [7, 11) is 1.58. The zero-order valence-electron chi connectivity index (χ0n) is 17.3. The standard InChI is InChI=1S/C23H27F2N3O2/c1-15-23(21-11-17(24)5-8-22(21)27-15)20-7-6-19(30-2)10-16(20)13-28(14-29)9-3-4-18(25)12-26/h5-8,10-11,14,18,27H,3-4,9,12-13,26H2,1-2H3. The van der Waals surface area contributed by atoms with Gasteiger partial charge in [0, 0.05) is 41.8 Å². The lowest BCUT2D eigenvalue weighted by molar-refractivity contribution is -0.118. The molecule has 0 saturated heterocycles. The number of benzene rings is 2. The average molecular weight is 415 g/mol. The smallest absolute Gasteiger partial charge is 0.210 e. The first kappa shape index (κ1) is 21.8. The molecule has 0 aliphatic heterocycles. The first-order chi connectivity index (χ1) is 14.5. The number of nitrogens with zero attached hydrogens (tertiary/aromatic N) is 1. The fourth-order valence-corrected chi connectivity index (χ4v) is 3.74. The molecule has 3 aromatic rings. The Bertz CT molecular complexity index is 1020. The number of aryl methyl sites for hydroxylation is 1. The van der Waals surface area contributed by atoms with Gasteiger partial charge in [0.1, 0.15) is 17.7 Å². The van der Waals surface area contributed by atoms with E-state index in [1.165, 1.54) is 12.1 Å². The van der Waals surface area contributed by atoms with Gasteiger partial charge in [-0.1, -0.05) is 6.07 Å². The lowest BCUT2D eigenvalue weighted by Crippen LogP contribution is -2.24. The Kier molecular flexibility index (Phi) is 7.05. The second-order valence-corrected chi connectivity index (χ2v) is 7.39. The van der Waals surface area contributed by atoms with Crippen molar-refractivity contribution in [1.29, 1.82) is 0 Å². The number of H-pyrrole nitrogens is 1. The van der Waals surface area contributed by atoms with Crippen molar-refractivity contribution in [3.8, 4) is 16.9 Å². The van der Waals surface area contributed by atoms with Crippen molar-refractivity contribution in [1.82, 2.24) is 9.88 Å². The van der Waals surface area contributed by atoms with Gasteiger partial charge in [0.05, 0.1) is 7.11 Å². The van der Waals surface area contributed by atoms with E-state index in [1.807, 2.05) is 25.1 Å². The summed E-state index contributed by atoms with van der Waals surface area (Å²) in [6.07, 6.45) is 0.538. The number of rotatable bonds is 10. The Labute approximate surface area is 174 Å². The number of amides is 1. The van der Waals surface area contributed by atoms with Crippen LogP contribution >= 0.6 is 0 Å². The minimum absolute atomic E-state index is 0.0163. The van der Waals surface area contributed by atoms with Crippen LogP contribution in [0.3, 0.4) is 0 Å². The number of carbonyl (C=O) groups excluding carboxylic acids is 1. The summed E-state index contributed by atoms with van der Waals surface area (Å²) in [4.78, 5) is 16.5. The summed E-state index contributed by atoms with van der Waals surface area (Å²) in [5.74, 6) is 0.350. The molecule has 1 heterocycles. The SMILES string of the molecule is COc1ccc(-c2c(C)[nH]c3ccc(F)cc23)c(CN(C=O)CCCC(F)CN)c1. The highest BCUT2D eigenvalue weighted by molar-refractivity contribution is 5.98. The average Bonchev–Trinajstić information content (AvgIpc) is 3.07. The number of hydrogen-bond donors (Lipinski definition) is 2. The first-order valence-corrected chi connectivity index (χ1v) is 9.95. The Morgan fingerprint density at radius 2 is 2.07 bits per heavy atom. The van der Waals surface area contributed by atoms with Crippen molar-refractivity contribution < 1.29 is 18.3 Å². The minimum Gasteiger partial charge on any atom is -0.497 e. The minimum atomic E-state index is -1.06. The molecule has 3 rings (SSSR count). The summed E-state index contributed by atoms with van der Waals surface area (Å²) in [6.45, 7) is 2.67. The lowest BCUT2D eigenvalue weighted by Gasteiger charge is -2.21. The Hall–Kier alpha value is -2.93. The van der Waals surface area contributed by atoms with E-state index in [0.717, 1.165) is 39.7 Å². The number of hydrogen-bond acceptors (Lipinski definition) is 3. The maximum Gasteiger partial charge on any atom is 0.210 e. The maximum atomic E-state index is 13.9. The van der Waals surface area contributed by atoms with E-state index in [9.17, 15) is 13.6 Å². The second kappa shape index (κ2) is 9.71. The number of nitrogens with two attached hydrogens (primary N) is 1. The zero-order chi connectivity index (χ0) is 21.7.